The molecule has 62 heavy (non-hydrogen) atoms. The molecule has 0 atom stereocenters. The molecule has 2 nitrogen and oxygen atoms in total. The van der Waals surface area contributed by atoms with Crippen molar-refractivity contribution in [3.05, 3.63) is 243 Å². The number of hydrogen-bond acceptors (Lipinski definition) is 1. The Kier molecular flexibility index (Phi) is 8.53. The van der Waals surface area contributed by atoms with E-state index in [1.807, 2.05) is 0 Å². The van der Waals surface area contributed by atoms with Gasteiger partial charge in [0.1, 0.15) is 0 Å². The standard InChI is InChI=1S/C60H40N2/c1-2-17-42(18-3-1)52-26-10-12-30-57(52)61(59-35-34-51(53-27-8-9-28-54(53)59)48-33-32-41-16-4-5-19-43(41)36-48)49-24-14-22-44(37-49)45-23-15-25-50(38-45)62-58-31-13-11-29-55(58)56-39-46-20-6-7-21-47(46)40-60(56)62/h1-40H. The first-order valence-electron chi connectivity index (χ1n) is 21.3. The number of nitrogens with zero attached hydrogens (tertiary/aromatic N) is 2. The highest BCUT2D eigenvalue weighted by atomic mass is 15.1. The van der Waals surface area contributed by atoms with E-state index >= 15 is 0 Å². The van der Waals surface area contributed by atoms with Gasteiger partial charge >= 0.3 is 0 Å². The number of anilines is 3. The maximum Gasteiger partial charge on any atom is 0.0547 e. The lowest BCUT2D eigenvalue weighted by molar-refractivity contribution is 1.18. The molecule has 11 aromatic carbocycles. The van der Waals surface area contributed by atoms with Crippen molar-refractivity contribution in [1.82, 2.24) is 4.57 Å². The molecule has 0 bridgehead atoms. The average molecular weight is 789 g/mol. The molecule has 2 heteroatoms. The Morgan fingerprint density at radius 2 is 0.903 bits per heavy atom. The smallest absolute Gasteiger partial charge is 0.0547 e. The van der Waals surface area contributed by atoms with Crippen LogP contribution in [-0.2, 0) is 0 Å². The van der Waals surface area contributed by atoms with E-state index in [4.69, 9.17) is 0 Å². The zero-order valence-electron chi connectivity index (χ0n) is 34.0. The van der Waals surface area contributed by atoms with Crippen molar-refractivity contribution >= 4 is 71.2 Å². The minimum atomic E-state index is 1.09. The van der Waals surface area contributed by atoms with Crippen LogP contribution in [0.3, 0.4) is 0 Å². The molecule has 1 aromatic heterocycles. The van der Waals surface area contributed by atoms with Crippen LogP contribution in [0.5, 0.6) is 0 Å². The summed E-state index contributed by atoms with van der Waals surface area (Å²) in [6.07, 6.45) is 0. The molecule has 12 rings (SSSR count). The normalized spacial score (nSPS) is 11.5. The molecule has 0 aliphatic rings. The Morgan fingerprint density at radius 3 is 1.74 bits per heavy atom. The lowest BCUT2D eigenvalue weighted by Gasteiger charge is -2.30. The molecular weight excluding hydrogens is 749 g/mol. The van der Waals surface area contributed by atoms with Crippen molar-refractivity contribution in [3.63, 3.8) is 0 Å². The van der Waals surface area contributed by atoms with Crippen LogP contribution >= 0.6 is 0 Å². The Labute approximate surface area is 360 Å². The highest BCUT2D eigenvalue weighted by Crippen LogP contribution is 2.46. The summed E-state index contributed by atoms with van der Waals surface area (Å²) in [7, 11) is 0. The minimum Gasteiger partial charge on any atom is -0.309 e. The second-order valence-electron chi connectivity index (χ2n) is 16.1. The fourth-order valence-corrected chi connectivity index (χ4v) is 9.61. The van der Waals surface area contributed by atoms with E-state index < -0.39 is 0 Å². The Balaban J connectivity index is 1.04. The molecule has 0 saturated heterocycles. The van der Waals surface area contributed by atoms with Crippen molar-refractivity contribution in [2.45, 2.75) is 0 Å². The van der Waals surface area contributed by atoms with Crippen LogP contribution < -0.4 is 4.90 Å². The molecule has 0 radical (unpaired) electrons. The molecule has 0 aliphatic carbocycles. The summed E-state index contributed by atoms with van der Waals surface area (Å²) in [4.78, 5) is 2.46. The van der Waals surface area contributed by atoms with Crippen LogP contribution in [-0.4, -0.2) is 4.57 Å². The van der Waals surface area contributed by atoms with Crippen molar-refractivity contribution in [2.75, 3.05) is 4.90 Å². The van der Waals surface area contributed by atoms with Crippen LogP contribution in [0.2, 0.25) is 0 Å². The first-order valence-corrected chi connectivity index (χ1v) is 21.3. The summed E-state index contributed by atoms with van der Waals surface area (Å²) in [5, 5.41) is 9.90. The largest absolute Gasteiger partial charge is 0.309 e. The van der Waals surface area contributed by atoms with Crippen LogP contribution in [0.25, 0.3) is 93.2 Å². The first kappa shape index (κ1) is 35.7. The van der Waals surface area contributed by atoms with Crippen LogP contribution in [0, 0.1) is 0 Å². The zero-order valence-corrected chi connectivity index (χ0v) is 34.0. The van der Waals surface area contributed by atoms with E-state index in [1.165, 1.54) is 76.4 Å². The highest BCUT2D eigenvalue weighted by Gasteiger charge is 2.21. The van der Waals surface area contributed by atoms with E-state index in [-0.39, 0.29) is 0 Å². The van der Waals surface area contributed by atoms with Gasteiger partial charge < -0.3 is 9.47 Å². The maximum absolute atomic E-state index is 2.46. The van der Waals surface area contributed by atoms with Crippen molar-refractivity contribution in [1.29, 1.82) is 0 Å². The molecule has 0 spiro atoms. The molecule has 0 fully saturated rings. The van der Waals surface area contributed by atoms with Gasteiger partial charge in [-0.05, 0) is 115 Å². The lowest BCUT2D eigenvalue weighted by atomic mass is 9.94. The number of benzene rings is 11. The SMILES string of the molecule is c1ccc(-c2ccccc2N(c2cccc(-c3cccc(-n4c5ccccc5c5cc6ccccc6cc54)c3)c2)c2ccc(-c3ccc4ccccc4c3)c3ccccc23)cc1. The van der Waals surface area contributed by atoms with Crippen molar-refractivity contribution in [2.24, 2.45) is 0 Å². The van der Waals surface area contributed by atoms with Crippen LogP contribution in [0.15, 0.2) is 243 Å². The Morgan fingerprint density at radius 1 is 0.274 bits per heavy atom. The van der Waals surface area contributed by atoms with Gasteiger partial charge in [-0.1, -0.05) is 182 Å². The molecule has 1 heterocycles. The van der Waals surface area contributed by atoms with Gasteiger partial charge in [0.15, 0.2) is 0 Å². The number of para-hydroxylation sites is 2. The predicted octanol–water partition coefficient (Wildman–Crippen LogP) is 16.7. The number of aromatic nitrogens is 1. The van der Waals surface area contributed by atoms with Gasteiger partial charge in [0.2, 0.25) is 0 Å². The van der Waals surface area contributed by atoms with E-state index in [9.17, 15) is 0 Å². The fourth-order valence-electron chi connectivity index (χ4n) is 9.61. The van der Waals surface area contributed by atoms with E-state index in [1.54, 1.807) is 0 Å². The molecule has 0 saturated carbocycles. The van der Waals surface area contributed by atoms with E-state index in [2.05, 4.69) is 252 Å². The molecule has 290 valence electrons. The van der Waals surface area contributed by atoms with Crippen LogP contribution in [0.1, 0.15) is 0 Å². The van der Waals surface area contributed by atoms with Gasteiger partial charge in [-0.2, -0.15) is 0 Å². The quantitative estimate of drug-likeness (QED) is 0.156. The summed E-state index contributed by atoms with van der Waals surface area (Å²) in [6, 6.07) is 88.6. The predicted molar refractivity (Wildman–Crippen MR) is 264 cm³/mol. The van der Waals surface area contributed by atoms with Gasteiger partial charge in [-0.15, -0.1) is 0 Å². The summed E-state index contributed by atoms with van der Waals surface area (Å²) >= 11 is 0. The summed E-state index contributed by atoms with van der Waals surface area (Å²) < 4.78 is 2.43. The Hall–Kier alpha value is -8.20. The molecular formula is C60H40N2. The molecule has 0 unspecified atom stereocenters. The minimum absolute atomic E-state index is 1.09. The second-order valence-corrected chi connectivity index (χ2v) is 16.1. The van der Waals surface area contributed by atoms with Crippen molar-refractivity contribution < 1.29 is 0 Å². The number of hydrogen-bond donors (Lipinski definition) is 0. The molecule has 0 N–H and O–H groups in total. The fraction of sp³-hybridized carbons (Fsp3) is 0. The molecule has 12 aromatic rings. The van der Waals surface area contributed by atoms with E-state index in [0.29, 0.717) is 0 Å². The van der Waals surface area contributed by atoms with E-state index in [0.717, 1.165) is 33.9 Å². The third-order valence-electron chi connectivity index (χ3n) is 12.5. The first-order chi connectivity index (χ1) is 30.7. The summed E-state index contributed by atoms with van der Waals surface area (Å²) in [5.74, 6) is 0. The van der Waals surface area contributed by atoms with Crippen molar-refractivity contribution in [3.8, 4) is 39.1 Å². The van der Waals surface area contributed by atoms with Gasteiger partial charge in [0.25, 0.3) is 0 Å². The zero-order chi connectivity index (χ0) is 41.0. The molecule has 0 aliphatic heterocycles. The Bertz CT molecular complexity index is 3650. The van der Waals surface area contributed by atoms with Gasteiger partial charge in [0.05, 0.1) is 22.4 Å². The molecule has 0 amide bonds. The number of fused-ring (bicyclic) bond motifs is 6. The summed E-state index contributed by atoms with van der Waals surface area (Å²) in [6.45, 7) is 0. The topological polar surface area (TPSA) is 8.17 Å². The van der Waals surface area contributed by atoms with Crippen LogP contribution in [0.4, 0.5) is 17.1 Å². The monoisotopic (exact) mass is 788 g/mol. The average Bonchev–Trinajstić information content (AvgIpc) is 3.67. The lowest BCUT2D eigenvalue weighted by Crippen LogP contribution is -2.12. The van der Waals surface area contributed by atoms with Gasteiger partial charge in [0, 0.05) is 33.1 Å². The third-order valence-corrected chi connectivity index (χ3v) is 12.5. The maximum atomic E-state index is 2.46. The van der Waals surface area contributed by atoms with Gasteiger partial charge in [-0.25, -0.2) is 0 Å². The highest BCUT2D eigenvalue weighted by molar-refractivity contribution is 6.14. The second kappa shape index (κ2) is 14.8. The number of rotatable bonds is 7. The van der Waals surface area contributed by atoms with Gasteiger partial charge in [-0.3, -0.25) is 0 Å². The summed E-state index contributed by atoms with van der Waals surface area (Å²) in [5.41, 5.74) is 13.9. The third kappa shape index (κ3) is 6.04.